The van der Waals surface area contributed by atoms with Crippen LogP contribution >= 0.6 is 0 Å². The predicted octanol–water partition coefficient (Wildman–Crippen LogP) is 5.68. The summed E-state index contributed by atoms with van der Waals surface area (Å²) in [5.74, 6) is 1.82. The van der Waals surface area contributed by atoms with E-state index >= 15 is 0 Å². The second-order valence-corrected chi connectivity index (χ2v) is 9.59. The van der Waals surface area contributed by atoms with Gasteiger partial charge in [-0.2, -0.15) is 0 Å². The number of carbonyl (C=O) groups is 1. The van der Waals surface area contributed by atoms with Crippen LogP contribution in [0.1, 0.15) is 73.6 Å². The SMILES string of the molecule is CC(=O)O[C@H]1CC(C)(C)[C@H]2CC=C3C=C(C(C)C)CC[C@H]3[C@]2(C)C1. The van der Waals surface area contributed by atoms with Gasteiger partial charge in [0.05, 0.1) is 0 Å². The van der Waals surface area contributed by atoms with Gasteiger partial charge in [-0.25, -0.2) is 0 Å². The van der Waals surface area contributed by atoms with Crippen molar-refractivity contribution in [2.45, 2.75) is 79.8 Å². The van der Waals surface area contributed by atoms with Crippen molar-refractivity contribution in [3.8, 4) is 0 Å². The average molecular weight is 331 g/mol. The molecule has 0 unspecified atom stereocenters. The van der Waals surface area contributed by atoms with E-state index in [1.54, 1.807) is 18.1 Å². The third-order valence-corrected chi connectivity index (χ3v) is 7.10. The van der Waals surface area contributed by atoms with Crippen molar-refractivity contribution < 1.29 is 9.53 Å². The Morgan fingerprint density at radius 3 is 2.58 bits per heavy atom. The Labute approximate surface area is 147 Å². The van der Waals surface area contributed by atoms with Gasteiger partial charge in [-0.3, -0.25) is 4.79 Å². The number of rotatable bonds is 2. The number of hydrogen-bond donors (Lipinski definition) is 0. The number of carbonyl (C=O) groups excluding carboxylic acids is 1. The van der Waals surface area contributed by atoms with E-state index < -0.39 is 0 Å². The molecular weight excluding hydrogens is 296 g/mol. The fraction of sp³-hybridized carbons (Fsp3) is 0.773. The van der Waals surface area contributed by atoms with E-state index in [0.717, 1.165) is 12.8 Å². The summed E-state index contributed by atoms with van der Waals surface area (Å²) in [5, 5.41) is 0. The van der Waals surface area contributed by atoms with Crippen LogP contribution in [0.4, 0.5) is 0 Å². The molecule has 3 aliphatic rings. The third kappa shape index (κ3) is 2.97. The first-order chi connectivity index (χ1) is 11.1. The Bertz CT molecular complexity index is 581. The molecule has 2 heteroatoms. The second kappa shape index (κ2) is 6.04. The highest BCUT2D eigenvalue weighted by Crippen LogP contribution is 2.62. The van der Waals surface area contributed by atoms with Crippen LogP contribution in [0.15, 0.2) is 23.3 Å². The van der Waals surface area contributed by atoms with E-state index in [9.17, 15) is 4.79 Å². The molecule has 4 atom stereocenters. The lowest BCUT2D eigenvalue weighted by Crippen LogP contribution is -2.53. The molecule has 2 nitrogen and oxygen atoms in total. The minimum absolute atomic E-state index is 0.0774. The minimum atomic E-state index is -0.130. The monoisotopic (exact) mass is 330 g/mol. The highest BCUT2D eigenvalue weighted by molar-refractivity contribution is 5.66. The lowest BCUT2D eigenvalue weighted by Gasteiger charge is -2.59. The van der Waals surface area contributed by atoms with E-state index in [2.05, 4.69) is 46.8 Å². The summed E-state index contributed by atoms with van der Waals surface area (Å²) in [4.78, 5) is 11.5. The summed E-state index contributed by atoms with van der Waals surface area (Å²) in [6, 6.07) is 0. The van der Waals surface area contributed by atoms with Crippen molar-refractivity contribution in [3.05, 3.63) is 23.3 Å². The van der Waals surface area contributed by atoms with E-state index in [4.69, 9.17) is 4.74 Å². The zero-order valence-electron chi connectivity index (χ0n) is 16.3. The third-order valence-electron chi connectivity index (χ3n) is 7.10. The highest BCUT2D eigenvalue weighted by Gasteiger charge is 2.55. The fourth-order valence-electron chi connectivity index (χ4n) is 6.10. The van der Waals surface area contributed by atoms with Crippen LogP contribution in [0.2, 0.25) is 0 Å². The molecule has 0 bridgehead atoms. The molecule has 24 heavy (non-hydrogen) atoms. The zero-order valence-corrected chi connectivity index (χ0v) is 16.3. The molecule has 3 rings (SSSR count). The van der Waals surface area contributed by atoms with Gasteiger partial charge in [0.25, 0.3) is 0 Å². The van der Waals surface area contributed by atoms with Crippen LogP contribution in [-0.2, 0) is 9.53 Å². The highest BCUT2D eigenvalue weighted by atomic mass is 16.5. The maximum atomic E-state index is 11.5. The molecule has 0 heterocycles. The quantitative estimate of drug-likeness (QED) is 0.609. The number of hydrogen-bond acceptors (Lipinski definition) is 2. The molecule has 0 aliphatic heterocycles. The van der Waals surface area contributed by atoms with Crippen molar-refractivity contribution in [2.75, 3.05) is 0 Å². The van der Waals surface area contributed by atoms with Crippen LogP contribution < -0.4 is 0 Å². The second-order valence-electron chi connectivity index (χ2n) is 9.59. The lowest BCUT2D eigenvalue weighted by molar-refractivity contribution is -0.161. The molecule has 134 valence electrons. The standard InChI is InChI=1S/C22H34O2/c1-14(2)16-7-9-19-17(11-16)8-10-20-21(4,5)12-18(24-15(3)23)13-22(19,20)6/h8,11,14,18-20H,7,9-10,12-13H2,1-6H3/t18-,19+,20+,22-/m0/s1. The van der Waals surface area contributed by atoms with Crippen LogP contribution in [0.5, 0.6) is 0 Å². The predicted molar refractivity (Wildman–Crippen MR) is 98.5 cm³/mol. The molecular formula is C22H34O2. The minimum Gasteiger partial charge on any atom is -0.463 e. The van der Waals surface area contributed by atoms with Gasteiger partial charge >= 0.3 is 5.97 Å². The molecule has 0 amide bonds. The molecule has 0 radical (unpaired) electrons. The molecule has 0 saturated heterocycles. The summed E-state index contributed by atoms with van der Waals surface area (Å²) in [6.07, 6.45) is 10.8. The Morgan fingerprint density at radius 2 is 1.96 bits per heavy atom. The topological polar surface area (TPSA) is 26.3 Å². The molecule has 1 saturated carbocycles. The van der Waals surface area contributed by atoms with Gasteiger partial charge in [-0.05, 0) is 66.3 Å². The Hall–Kier alpha value is -1.05. The fourth-order valence-corrected chi connectivity index (χ4v) is 6.10. The van der Waals surface area contributed by atoms with Gasteiger partial charge in [0.2, 0.25) is 0 Å². The molecule has 1 fully saturated rings. The maximum absolute atomic E-state index is 11.5. The summed E-state index contributed by atoms with van der Waals surface area (Å²) in [6.45, 7) is 13.4. The molecule has 0 spiro atoms. The smallest absolute Gasteiger partial charge is 0.302 e. The van der Waals surface area contributed by atoms with Gasteiger partial charge in [-0.1, -0.05) is 52.3 Å². The zero-order chi connectivity index (χ0) is 17.7. The first-order valence-electron chi connectivity index (χ1n) is 9.71. The van der Waals surface area contributed by atoms with E-state index in [-0.39, 0.29) is 22.9 Å². The van der Waals surface area contributed by atoms with E-state index in [1.807, 2.05) is 0 Å². The van der Waals surface area contributed by atoms with Gasteiger partial charge in [0, 0.05) is 6.92 Å². The van der Waals surface area contributed by atoms with Gasteiger partial charge in [-0.15, -0.1) is 0 Å². The van der Waals surface area contributed by atoms with Crippen LogP contribution in [0, 0.1) is 28.6 Å². The van der Waals surface area contributed by atoms with Crippen molar-refractivity contribution in [2.24, 2.45) is 28.6 Å². The van der Waals surface area contributed by atoms with Crippen molar-refractivity contribution >= 4 is 5.97 Å². The van der Waals surface area contributed by atoms with Crippen LogP contribution in [0.25, 0.3) is 0 Å². The molecule has 0 N–H and O–H groups in total. The normalized spacial score (nSPS) is 37.9. The Kier molecular flexibility index (Phi) is 4.47. The van der Waals surface area contributed by atoms with Crippen molar-refractivity contribution in [1.29, 1.82) is 0 Å². The molecule has 0 aromatic carbocycles. The number of ether oxygens (including phenoxy) is 1. The largest absolute Gasteiger partial charge is 0.463 e. The van der Waals surface area contributed by atoms with Crippen LogP contribution in [-0.4, -0.2) is 12.1 Å². The average Bonchev–Trinajstić information content (AvgIpc) is 2.44. The summed E-state index contributed by atoms with van der Waals surface area (Å²) < 4.78 is 5.71. The number of allylic oxidation sites excluding steroid dienone is 4. The lowest BCUT2D eigenvalue weighted by atomic mass is 9.47. The first kappa shape index (κ1) is 17.8. The summed E-state index contributed by atoms with van der Waals surface area (Å²) >= 11 is 0. The molecule has 3 aliphatic carbocycles. The first-order valence-corrected chi connectivity index (χ1v) is 9.71. The maximum Gasteiger partial charge on any atom is 0.302 e. The van der Waals surface area contributed by atoms with Crippen molar-refractivity contribution in [1.82, 2.24) is 0 Å². The Morgan fingerprint density at radius 1 is 1.25 bits per heavy atom. The van der Waals surface area contributed by atoms with Crippen molar-refractivity contribution in [3.63, 3.8) is 0 Å². The van der Waals surface area contributed by atoms with Gasteiger partial charge in [0.1, 0.15) is 6.10 Å². The number of esters is 1. The molecule has 0 aromatic rings. The van der Waals surface area contributed by atoms with E-state index in [1.165, 1.54) is 19.3 Å². The summed E-state index contributed by atoms with van der Waals surface area (Å²) in [5.41, 5.74) is 3.62. The number of fused-ring (bicyclic) bond motifs is 3. The van der Waals surface area contributed by atoms with Crippen LogP contribution in [0.3, 0.4) is 0 Å². The van der Waals surface area contributed by atoms with Gasteiger partial charge in [0.15, 0.2) is 0 Å². The Balaban J connectivity index is 1.94. The van der Waals surface area contributed by atoms with E-state index in [0.29, 0.717) is 17.8 Å². The van der Waals surface area contributed by atoms with Gasteiger partial charge < -0.3 is 4.74 Å². The summed E-state index contributed by atoms with van der Waals surface area (Å²) in [7, 11) is 0. The molecule has 0 aromatic heterocycles.